The molecule has 2 amide bonds. The smallest absolute Gasteiger partial charge is 0.248 e. The number of hydrogen-bond acceptors (Lipinski definition) is 6. The number of nitrogen functional groups attached to an aromatic ring is 1. The second-order valence-electron chi connectivity index (χ2n) is 9.97. The van der Waals surface area contributed by atoms with E-state index in [-0.39, 0.29) is 11.9 Å². The SMILES string of the molecule is CNN(/C=C(\C)C(=O)N[C@@H]1CCc2nc(N)ccc21)CC1=CC=C(CN2C[C@H]3C[C@H]3C2=O)CC1. The molecule has 1 saturated carbocycles. The minimum Gasteiger partial charge on any atom is -0.384 e. The van der Waals surface area contributed by atoms with Crippen LogP contribution in [0.15, 0.2) is 47.2 Å². The van der Waals surface area contributed by atoms with Crippen molar-refractivity contribution in [1.82, 2.24) is 25.6 Å². The number of nitrogens with two attached hydrogens (primary N) is 1. The Morgan fingerprint density at radius 2 is 2.06 bits per heavy atom. The number of likely N-dealkylation sites (tertiary alicyclic amines) is 1. The van der Waals surface area contributed by atoms with Gasteiger partial charge in [-0.15, -0.1) is 0 Å². The molecule has 0 aromatic carbocycles. The molecule has 1 aliphatic heterocycles. The zero-order valence-corrected chi connectivity index (χ0v) is 20.0. The summed E-state index contributed by atoms with van der Waals surface area (Å²) < 4.78 is 0. The van der Waals surface area contributed by atoms with Crippen molar-refractivity contribution in [2.45, 2.75) is 45.1 Å². The standard InChI is InChI=1S/C26H34N6O2/c1-16(25(33)30-23-9-8-22-20(23)7-10-24(27)29-22)12-32(28-2)14-18-5-3-17(4-6-18)13-31-15-19-11-21(19)26(31)34/h3,5,7,10,12,19,21,23,28H,4,6,8-9,11,13-15H2,1-2H3,(H2,27,29)(H,30,33)/b16-12+/t19-,21-,23-/m1/s1. The van der Waals surface area contributed by atoms with Gasteiger partial charge in [0.25, 0.3) is 0 Å². The van der Waals surface area contributed by atoms with Crippen molar-refractivity contribution in [1.29, 1.82) is 0 Å². The third-order valence-corrected chi connectivity index (χ3v) is 7.47. The molecule has 8 heteroatoms. The molecule has 8 nitrogen and oxygen atoms in total. The van der Waals surface area contributed by atoms with Crippen molar-refractivity contribution < 1.29 is 9.59 Å². The Kier molecular flexibility index (Phi) is 6.16. The zero-order chi connectivity index (χ0) is 23.8. The summed E-state index contributed by atoms with van der Waals surface area (Å²) in [5.74, 6) is 1.74. The lowest BCUT2D eigenvalue weighted by Gasteiger charge is -2.25. The Balaban J connectivity index is 1.15. The Hall–Kier alpha value is -3.13. The van der Waals surface area contributed by atoms with Crippen LogP contribution in [0.25, 0.3) is 0 Å². The molecule has 0 radical (unpaired) electrons. The lowest BCUT2D eigenvalue weighted by atomic mass is 9.97. The number of piperidine rings is 1. The van der Waals surface area contributed by atoms with Gasteiger partial charge in [0, 0.05) is 43.5 Å². The van der Waals surface area contributed by atoms with Crippen molar-refractivity contribution in [3.63, 3.8) is 0 Å². The highest BCUT2D eigenvalue weighted by molar-refractivity contribution is 5.93. The number of allylic oxidation sites excluding steroid dienone is 2. The maximum atomic E-state index is 12.8. The summed E-state index contributed by atoms with van der Waals surface area (Å²) in [6, 6.07) is 3.73. The lowest BCUT2D eigenvalue weighted by molar-refractivity contribution is -0.129. The molecular formula is C26H34N6O2. The van der Waals surface area contributed by atoms with E-state index in [0.717, 1.165) is 56.5 Å². The number of pyridine rings is 1. The number of hydrazine groups is 1. The summed E-state index contributed by atoms with van der Waals surface area (Å²) in [6.07, 6.45) is 10.9. The van der Waals surface area contributed by atoms with Crippen LogP contribution in [0.4, 0.5) is 5.82 Å². The number of hydrogen-bond donors (Lipinski definition) is 3. The summed E-state index contributed by atoms with van der Waals surface area (Å²) in [5, 5.41) is 5.08. The molecule has 5 rings (SSSR count). The summed E-state index contributed by atoms with van der Waals surface area (Å²) >= 11 is 0. The molecule has 1 aromatic heterocycles. The number of rotatable bonds is 8. The van der Waals surface area contributed by atoms with Gasteiger partial charge in [-0.05, 0) is 62.1 Å². The molecular weight excluding hydrogens is 428 g/mol. The molecule has 2 heterocycles. The molecule has 4 N–H and O–H groups in total. The number of amides is 2. The van der Waals surface area contributed by atoms with E-state index < -0.39 is 0 Å². The monoisotopic (exact) mass is 462 g/mol. The Labute approximate surface area is 200 Å². The van der Waals surface area contributed by atoms with Crippen LogP contribution in [0.3, 0.4) is 0 Å². The highest BCUT2D eigenvalue weighted by Crippen LogP contribution is 2.46. The molecule has 3 atom stereocenters. The van der Waals surface area contributed by atoms with Crippen molar-refractivity contribution >= 4 is 17.6 Å². The molecule has 180 valence electrons. The molecule has 1 saturated heterocycles. The quantitative estimate of drug-likeness (QED) is 0.404. The number of aryl methyl sites for hydroxylation is 1. The Morgan fingerprint density at radius 3 is 2.76 bits per heavy atom. The highest BCUT2D eigenvalue weighted by Gasteiger charge is 2.51. The third kappa shape index (κ3) is 4.73. The highest BCUT2D eigenvalue weighted by atomic mass is 16.2. The zero-order valence-electron chi connectivity index (χ0n) is 20.0. The van der Waals surface area contributed by atoms with Crippen molar-refractivity contribution in [3.05, 3.63) is 58.5 Å². The Bertz CT molecular complexity index is 1090. The fraction of sp³-hybridized carbons (Fsp3) is 0.500. The van der Waals surface area contributed by atoms with Crippen LogP contribution < -0.4 is 16.5 Å². The van der Waals surface area contributed by atoms with E-state index in [2.05, 4.69) is 27.9 Å². The van der Waals surface area contributed by atoms with E-state index in [1.165, 1.54) is 11.1 Å². The molecule has 0 spiro atoms. The summed E-state index contributed by atoms with van der Waals surface area (Å²) in [6.45, 7) is 4.25. The van der Waals surface area contributed by atoms with Crippen molar-refractivity contribution in [2.75, 3.05) is 32.4 Å². The van der Waals surface area contributed by atoms with Gasteiger partial charge in [0.1, 0.15) is 5.82 Å². The second kappa shape index (κ2) is 9.25. The molecule has 1 aromatic rings. The maximum Gasteiger partial charge on any atom is 0.248 e. The predicted molar refractivity (Wildman–Crippen MR) is 131 cm³/mol. The molecule has 0 unspecified atom stereocenters. The van der Waals surface area contributed by atoms with Gasteiger partial charge in [-0.1, -0.05) is 23.8 Å². The van der Waals surface area contributed by atoms with E-state index in [1.54, 1.807) is 6.07 Å². The fourth-order valence-corrected chi connectivity index (χ4v) is 5.34. The van der Waals surface area contributed by atoms with Crippen LogP contribution in [-0.2, 0) is 16.0 Å². The lowest BCUT2D eigenvalue weighted by Crippen LogP contribution is -2.35. The number of fused-ring (bicyclic) bond motifs is 2. The van der Waals surface area contributed by atoms with Crippen molar-refractivity contribution in [2.24, 2.45) is 11.8 Å². The predicted octanol–water partition coefficient (Wildman–Crippen LogP) is 2.23. The summed E-state index contributed by atoms with van der Waals surface area (Å²) in [5.41, 5.74) is 14.3. The number of carbonyl (C=O) groups excluding carboxylic acids is 2. The molecule has 0 bridgehead atoms. The van der Waals surface area contributed by atoms with Crippen molar-refractivity contribution in [3.8, 4) is 0 Å². The van der Waals surface area contributed by atoms with Gasteiger partial charge >= 0.3 is 0 Å². The van der Waals surface area contributed by atoms with Crippen LogP contribution in [0.2, 0.25) is 0 Å². The van der Waals surface area contributed by atoms with Gasteiger partial charge in [0.2, 0.25) is 11.8 Å². The first kappa shape index (κ1) is 22.7. The van der Waals surface area contributed by atoms with Gasteiger partial charge in [0.15, 0.2) is 0 Å². The van der Waals surface area contributed by atoms with Crippen LogP contribution in [0.5, 0.6) is 0 Å². The van der Waals surface area contributed by atoms with Gasteiger partial charge in [0.05, 0.1) is 12.6 Å². The van der Waals surface area contributed by atoms with E-state index >= 15 is 0 Å². The van der Waals surface area contributed by atoms with E-state index in [0.29, 0.717) is 35.7 Å². The minimum atomic E-state index is -0.0805. The molecule has 3 aliphatic carbocycles. The number of aromatic nitrogens is 1. The van der Waals surface area contributed by atoms with Crippen LogP contribution >= 0.6 is 0 Å². The number of anilines is 1. The fourth-order valence-electron chi connectivity index (χ4n) is 5.34. The Morgan fingerprint density at radius 1 is 1.26 bits per heavy atom. The average Bonchev–Trinajstić information content (AvgIpc) is 3.40. The number of carbonyl (C=O) groups is 2. The summed E-state index contributed by atoms with van der Waals surface area (Å²) in [7, 11) is 1.86. The first-order valence-corrected chi connectivity index (χ1v) is 12.3. The van der Waals surface area contributed by atoms with Crippen LogP contribution in [0.1, 0.15) is 49.9 Å². The first-order chi connectivity index (χ1) is 16.4. The number of nitrogens with zero attached hydrogens (tertiary/aromatic N) is 3. The molecule has 34 heavy (non-hydrogen) atoms. The van der Waals surface area contributed by atoms with Gasteiger partial charge in [-0.25, -0.2) is 10.4 Å². The number of nitrogens with one attached hydrogen (secondary N) is 2. The topological polar surface area (TPSA) is 104 Å². The normalized spacial score (nSPS) is 25.5. The summed E-state index contributed by atoms with van der Waals surface area (Å²) in [4.78, 5) is 31.5. The van der Waals surface area contributed by atoms with Gasteiger partial charge < -0.3 is 21.0 Å². The van der Waals surface area contributed by atoms with Crippen LogP contribution in [-0.4, -0.2) is 53.4 Å². The van der Waals surface area contributed by atoms with Crippen LogP contribution in [0, 0.1) is 11.8 Å². The van der Waals surface area contributed by atoms with E-state index in [4.69, 9.17) is 5.73 Å². The second-order valence-corrected chi connectivity index (χ2v) is 9.97. The molecule has 4 aliphatic rings. The average molecular weight is 463 g/mol. The first-order valence-electron chi connectivity index (χ1n) is 12.3. The van der Waals surface area contributed by atoms with E-state index in [1.807, 2.05) is 36.1 Å². The van der Waals surface area contributed by atoms with Gasteiger partial charge in [-0.2, -0.15) is 0 Å². The van der Waals surface area contributed by atoms with E-state index in [9.17, 15) is 9.59 Å². The largest absolute Gasteiger partial charge is 0.384 e. The van der Waals surface area contributed by atoms with Gasteiger partial charge in [-0.3, -0.25) is 9.59 Å². The molecule has 2 fully saturated rings. The minimum absolute atomic E-state index is 0.0278. The maximum absolute atomic E-state index is 12.8. The third-order valence-electron chi connectivity index (χ3n) is 7.47.